The quantitative estimate of drug-likeness (QED) is 0.690. The van der Waals surface area contributed by atoms with Crippen LogP contribution in [0, 0.1) is 0 Å². The zero-order valence-electron chi connectivity index (χ0n) is 16.1. The Morgan fingerprint density at radius 1 is 1.03 bits per heavy atom. The van der Waals surface area contributed by atoms with Crippen LogP contribution in [0.3, 0.4) is 0 Å². The topological polar surface area (TPSA) is 44.8 Å². The van der Waals surface area contributed by atoms with Gasteiger partial charge in [-0.15, -0.1) is 0 Å². The van der Waals surface area contributed by atoms with Crippen molar-refractivity contribution in [2.45, 2.75) is 6.61 Å². The Kier molecular flexibility index (Phi) is 7.58. The standard InChI is InChI=1S/C22H25F2N3O2/c23-22(24)29-20-9-5-4-6-18(20)10-11-21(28)25-12-13-26-14-16-27(17-15-26)19-7-2-1-3-8-19/h1-11,22H,12-17H2,(H,25,28)/b11-10+. The number of ether oxygens (including phenoxy) is 1. The molecule has 0 aliphatic carbocycles. The first-order valence-electron chi connectivity index (χ1n) is 9.64. The van der Waals surface area contributed by atoms with Crippen LogP contribution in [0.25, 0.3) is 6.08 Å². The molecule has 0 saturated carbocycles. The molecule has 154 valence electrons. The van der Waals surface area contributed by atoms with E-state index in [1.807, 2.05) is 18.2 Å². The highest BCUT2D eigenvalue weighted by Gasteiger charge is 2.16. The lowest BCUT2D eigenvalue weighted by molar-refractivity contribution is -0.116. The molecule has 0 spiro atoms. The van der Waals surface area contributed by atoms with E-state index in [-0.39, 0.29) is 11.7 Å². The lowest BCUT2D eigenvalue weighted by Crippen LogP contribution is -2.48. The second-order valence-corrected chi connectivity index (χ2v) is 6.70. The number of nitrogens with zero attached hydrogens (tertiary/aromatic N) is 2. The summed E-state index contributed by atoms with van der Waals surface area (Å²) in [6.07, 6.45) is 2.81. The number of anilines is 1. The van der Waals surface area contributed by atoms with E-state index in [0.29, 0.717) is 12.1 Å². The summed E-state index contributed by atoms with van der Waals surface area (Å²) in [5.41, 5.74) is 1.67. The number of rotatable bonds is 8. The average Bonchev–Trinajstić information content (AvgIpc) is 2.74. The predicted molar refractivity (Wildman–Crippen MR) is 110 cm³/mol. The Balaban J connectivity index is 1.39. The van der Waals surface area contributed by atoms with Crippen LogP contribution in [-0.4, -0.2) is 56.7 Å². The molecule has 29 heavy (non-hydrogen) atoms. The molecule has 1 fully saturated rings. The van der Waals surface area contributed by atoms with Gasteiger partial charge in [0.2, 0.25) is 5.91 Å². The fraction of sp³-hybridized carbons (Fsp3) is 0.318. The van der Waals surface area contributed by atoms with Gasteiger partial charge in [0.1, 0.15) is 5.75 Å². The molecule has 1 aliphatic heterocycles. The summed E-state index contributed by atoms with van der Waals surface area (Å²) in [4.78, 5) is 16.7. The van der Waals surface area contributed by atoms with Gasteiger partial charge >= 0.3 is 6.61 Å². The maximum Gasteiger partial charge on any atom is 0.387 e. The highest BCUT2D eigenvalue weighted by atomic mass is 19.3. The van der Waals surface area contributed by atoms with Crippen LogP contribution < -0.4 is 15.0 Å². The summed E-state index contributed by atoms with van der Waals surface area (Å²) >= 11 is 0. The molecule has 0 unspecified atom stereocenters. The third-order valence-corrected chi connectivity index (χ3v) is 4.77. The van der Waals surface area contributed by atoms with E-state index >= 15 is 0 Å². The molecular weight excluding hydrogens is 376 g/mol. The first-order valence-corrected chi connectivity index (χ1v) is 9.64. The molecule has 1 amide bonds. The van der Waals surface area contributed by atoms with Gasteiger partial charge < -0.3 is 15.0 Å². The molecule has 1 saturated heterocycles. The van der Waals surface area contributed by atoms with Gasteiger partial charge in [0.25, 0.3) is 0 Å². The van der Waals surface area contributed by atoms with E-state index in [9.17, 15) is 13.6 Å². The van der Waals surface area contributed by atoms with Gasteiger partial charge in [-0.25, -0.2) is 0 Å². The molecule has 0 bridgehead atoms. The van der Waals surface area contributed by atoms with E-state index in [1.54, 1.807) is 18.2 Å². The van der Waals surface area contributed by atoms with Gasteiger partial charge in [-0.1, -0.05) is 36.4 Å². The summed E-state index contributed by atoms with van der Waals surface area (Å²) < 4.78 is 29.3. The van der Waals surface area contributed by atoms with Crippen molar-refractivity contribution >= 4 is 17.7 Å². The van der Waals surface area contributed by atoms with Crippen molar-refractivity contribution < 1.29 is 18.3 Å². The lowest BCUT2D eigenvalue weighted by atomic mass is 10.2. The van der Waals surface area contributed by atoms with Gasteiger partial charge in [0.05, 0.1) is 0 Å². The van der Waals surface area contributed by atoms with Crippen molar-refractivity contribution in [2.24, 2.45) is 0 Å². The number of carbonyl (C=O) groups is 1. The van der Waals surface area contributed by atoms with Gasteiger partial charge in [0, 0.05) is 56.6 Å². The van der Waals surface area contributed by atoms with E-state index in [4.69, 9.17) is 0 Å². The molecule has 1 aliphatic rings. The Hall–Kier alpha value is -2.93. The van der Waals surface area contributed by atoms with Crippen LogP contribution in [0.4, 0.5) is 14.5 Å². The number of alkyl halides is 2. The van der Waals surface area contributed by atoms with E-state index in [1.165, 1.54) is 23.9 Å². The molecule has 5 nitrogen and oxygen atoms in total. The summed E-state index contributed by atoms with van der Waals surface area (Å²) in [7, 11) is 0. The SMILES string of the molecule is O=C(/C=C/c1ccccc1OC(F)F)NCCN1CCN(c2ccccc2)CC1. The number of benzene rings is 2. The third kappa shape index (κ3) is 6.57. The van der Waals surface area contributed by atoms with Gasteiger partial charge in [-0.3, -0.25) is 9.69 Å². The summed E-state index contributed by atoms with van der Waals surface area (Å²) in [5, 5.41) is 2.83. The fourth-order valence-electron chi connectivity index (χ4n) is 3.25. The Labute approximate surface area is 169 Å². The molecule has 2 aromatic rings. The number of nitrogens with one attached hydrogen (secondary N) is 1. The number of hydrogen-bond donors (Lipinski definition) is 1. The molecule has 0 aromatic heterocycles. The minimum atomic E-state index is -2.90. The summed E-state index contributed by atoms with van der Waals surface area (Å²) in [6.45, 7) is 2.20. The molecule has 1 heterocycles. The smallest absolute Gasteiger partial charge is 0.387 e. The van der Waals surface area contributed by atoms with Crippen molar-refractivity contribution in [1.82, 2.24) is 10.2 Å². The second kappa shape index (κ2) is 10.6. The van der Waals surface area contributed by atoms with Crippen molar-refractivity contribution in [3.05, 3.63) is 66.2 Å². The minimum Gasteiger partial charge on any atom is -0.434 e. The van der Waals surface area contributed by atoms with Crippen LogP contribution in [-0.2, 0) is 4.79 Å². The fourth-order valence-corrected chi connectivity index (χ4v) is 3.25. The maximum absolute atomic E-state index is 12.4. The molecule has 2 aromatic carbocycles. The van der Waals surface area contributed by atoms with Crippen LogP contribution in [0.1, 0.15) is 5.56 Å². The maximum atomic E-state index is 12.4. The number of halogens is 2. The zero-order valence-corrected chi connectivity index (χ0v) is 16.1. The van der Waals surface area contributed by atoms with Crippen molar-refractivity contribution in [3.8, 4) is 5.75 Å². The van der Waals surface area contributed by atoms with Crippen LogP contribution >= 0.6 is 0 Å². The lowest BCUT2D eigenvalue weighted by Gasteiger charge is -2.36. The van der Waals surface area contributed by atoms with Gasteiger partial charge in [-0.2, -0.15) is 8.78 Å². The Bertz CT molecular complexity index is 807. The molecule has 0 radical (unpaired) electrons. The predicted octanol–water partition coefficient (Wildman–Crippen LogP) is 3.24. The van der Waals surface area contributed by atoms with E-state index in [2.05, 4.69) is 32.0 Å². The minimum absolute atomic E-state index is 0.0443. The first-order chi connectivity index (χ1) is 14.1. The van der Waals surface area contributed by atoms with E-state index < -0.39 is 6.61 Å². The largest absolute Gasteiger partial charge is 0.434 e. The van der Waals surface area contributed by atoms with Crippen LogP contribution in [0.5, 0.6) is 5.75 Å². The Morgan fingerprint density at radius 2 is 1.72 bits per heavy atom. The number of hydrogen-bond acceptors (Lipinski definition) is 4. The van der Waals surface area contributed by atoms with Crippen molar-refractivity contribution in [1.29, 1.82) is 0 Å². The molecular formula is C22H25F2N3O2. The average molecular weight is 401 g/mol. The highest BCUT2D eigenvalue weighted by Crippen LogP contribution is 2.21. The molecule has 0 atom stereocenters. The second-order valence-electron chi connectivity index (χ2n) is 6.70. The number of carbonyl (C=O) groups excluding carboxylic acids is 1. The first kappa shape index (κ1) is 20.8. The van der Waals surface area contributed by atoms with Gasteiger partial charge in [-0.05, 0) is 24.3 Å². The summed E-state index contributed by atoms with van der Waals surface area (Å²) in [6, 6.07) is 16.7. The van der Waals surface area contributed by atoms with Crippen molar-refractivity contribution in [2.75, 3.05) is 44.2 Å². The number of piperazine rings is 1. The highest BCUT2D eigenvalue weighted by molar-refractivity contribution is 5.92. The molecule has 7 heteroatoms. The molecule has 3 rings (SSSR count). The van der Waals surface area contributed by atoms with E-state index in [0.717, 1.165) is 32.7 Å². The number of para-hydroxylation sites is 2. The van der Waals surface area contributed by atoms with Gasteiger partial charge in [0.15, 0.2) is 0 Å². The zero-order chi connectivity index (χ0) is 20.5. The Morgan fingerprint density at radius 3 is 2.45 bits per heavy atom. The normalized spacial score (nSPS) is 15.1. The molecule has 1 N–H and O–H groups in total. The number of amides is 1. The summed E-state index contributed by atoms with van der Waals surface area (Å²) in [5.74, 6) is -0.220. The van der Waals surface area contributed by atoms with Crippen molar-refractivity contribution in [3.63, 3.8) is 0 Å². The third-order valence-electron chi connectivity index (χ3n) is 4.77. The van der Waals surface area contributed by atoms with Crippen LogP contribution in [0.2, 0.25) is 0 Å². The monoisotopic (exact) mass is 401 g/mol. The van der Waals surface area contributed by atoms with Crippen LogP contribution in [0.15, 0.2) is 60.7 Å².